The van der Waals surface area contributed by atoms with Crippen LogP contribution in [0.1, 0.15) is 278 Å². The largest absolute Gasteiger partial charge is 0.393 e. The lowest BCUT2D eigenvalue weighted by atomic mass is 9.63. The third kappa shape index (κ3) is 16.7. The summed E-state index contributed by atoms with van der Waals surface area (Å²) in [6, 6.07) is 12.3. The molecule has 6 aliphatic carbocycles. The Bertz CT molecular complexity index is 2080. The monoisotopic (exact) mass is 1300 g/mol. The van der Waals surface area contributed by atoms with Gasteiger partial charge < -0.3 is 34.8 Å². The fourth-order valence-electron chi connectivity index (χ4n) is 25.1. The van der Waals surface area contributed by atoms with Crippen LogP contribution in [-0.4, -0.2) is 232 Å². The van der Waals surface area contributed by atoms with Crippen LogP contribution in [-0.2, 0) is 9.47 Å². The number of hydrogen-bond acceptors (Lipinski definition) is 13. The Hall–Kier alpha value is -0.520. The van der Waals surface area contributed by atoms with E-state index in [4.69, 9.17) is 9.47 Å². The zero-order chi connectivity index (χ0) is 66.7. The van der Waals surface area contributed by atoms with Crippen LogP contribution >= 0.6 is 0 Å². The number of fused-ring (bicyclic) bond motifs is 9. The first kappa shape index (κ1) is 73.7. The quantitative estimate of drug-likeness (QED) is 0.185. The van der Waals surface area contributed by atoms with E-state index in [-0.39, 0.29) is 23.4 Å². The van der Waals surface area contributed by atoms with Crippen LogP contribution in [0, 0.1) is 53.3 Å². The van der Waals surface area contributed by atoms with Crippen molar-refractivity contribution >= 4 is 0 Å². The first-order chi connectivity index (χ1) is 44.0. The normalized spacial score (nSPS) is 45.3. The maximum atomic E-state index is 10.8. The summed E-state index contributed by atoms with van der Waals surface area (Å²) in [7, 11) is 0. The van der Waals surface area contributed by atoms with E-state index in [2.05, 4.69) is 145 Å². The molecule has 14 saturated heterocycles. The number of aliphatic hydroxyl groups excluding tert-OH is 2. The van der Waals surface area contributed by atoms with E-state index >= 15 is 0 Å². The SMILES string of the molecule is CC(C)N1C2CC3CC(C2)CC1C3.CC(C)N1C2CC3CC1CC(C2)O3.CC(C)N1C2CCCC1CC(O)C2.CC(C)N1C2COCC1CC(O)C2.CC(C)N1CC2CC3CC(C2)CC1C3.CC(C)N1CC2CCC(C1)C2(O)C(C)C.CC(C)N1C[C@H]2C[C@@H]1CC2(C)O. The highest BCUT2D eigenvalue weighted by atomic mass is 16.5. The summed E-state index contributed by atoms with van der Waals surface area (Å²) in [5.74, 6) is 7.43. The van der Waals surface area contributed by atoms with Gasteiger partial charge in [-0.3, -0.25) is 29.4 Å². The molecule has 0 amide bonds. The topological polar surface area (TPSA) is 122 Å². The highest BCUT2D eigenvalue weighted by molar-refractivity contribution is 5.08. The molecule has 20 aliphatic rings. The summed E-state index contributed by atoms with van der Waals surface area (Å²) < 4.78 is 11.4. The molecule has 13 nitrogen and oxygen atoms in total. The Kier molecular flexibility index (Phi) is 24.5. The lowest BCUT2D eigenvalue weighted by molar-refractivity contribution is -0.188. The van der Waals surface area contributed by atoms with E-state index in [9.17, 15) is 20.4 Å². The molecule has 93 heavy (non-hydrogen) atoms. The van der Waals surface area contributed by atoms with Gasteiger partial charge in [-0.25, -0.2) is 0 Å². The smallest absolute Gasteiger partial charge is 0.0750 e. The van der Waals surface area contributed by atoms with Crippen LogP contribution in [0.5, 0.6) is 0 Å². The Morgan fingerprint density at radius 2 is 0.720 bits per heavy atom. The molecule has 9 unspecified atom stereocenters. The molecule has 538 valence electrons. The molecule has 4 N–H and O–H groups in total. The van der Waals surface area contributed by atoms with Crippen LogP contribution in [0.2, 0.25) is 0 Å². The molecule has 20 rings (SSSR count). The van der Waals surface area contributed by atoms with Gasteiger partial charge in [-0.2, -0.15) is 0 Å². The number of ether oxygens (including phenoxy) is 2. The van der Waals surface area contributed by atoms with E-state index in [1.165, 1.54) is 109 Å². The van der Waals surface area contributed by atoms with E-state index in [0.29, 0.717) is 90.3 Å². The van der Waals surface area contributed by atoms with Gasteiger partial charge in [-0.15, -0.1) is 0 Å². The van der Waals surface area contributed by atoms with Gasteiger partial charge in [0.15, 0.2) is 0 Å². The Labute approximate surface area is 570 Å². The average Bonchev–Trinajstić information content (AvgIpc) is 1.66. The highest BCUT2D eigenvalue weighted by Crippen LogP contribution is 2.53. The number of piperidine rings is 9. The van der Waals surface area contributed by atoms with Gasteiger partial charge in [0.25, 0.3) is 0 Å². The molecule has 0 aromatic carbocycles. The van der Waals surface area contributed by atoms with Crippen LogP contribution in [0.3, 0.4) is 0 Å². The van der Waals surface area contributed by atoms with Gasteiger partial charge in [0.1, 0.15) is 0 Å². The minimum Gasteiger partial charge on any atom is -0.393 e. The van der Waals surface area contributed by atoms with E-state index in [0.717, 1.165) is 143 Å². The van der Waals surface area contributed by atoms with Crippen LogP contribution in [0.25, 0.3) is 0 Å². The predicted octanol–water partition coefficient (Wildman–Crippen LogP) is 13.1. The zero-order valence-electron chi connectivity index (χ0n) is 63.0. The number of morpholine rings is 1. The van der Waals surface area contributed by atoms with Gasteiger partial charge in [-0.05, 0) is 293 Å². The molecule has 0 spiro atoms. The molecular weight excluding hydrogens is 1150 g/mol. The van der Waals surface area contributed by atoms with Gasteiger partial charge in [0, 0.05) is 147 Å². The van der Waals surface area contributed by atoms with E-state index in [1.54, 1.807) is 25.7 Å². The molecule has 14 aliphatic heterocycles. The van der Waals surface area contributed by atoms with Crippen molar-refractivity contribution in [3.05, 3.63) is 0 Å². The maximum absolute atomic E-state index is 10.8. The number of hydrogen-bond donors (Lipinski definition) is 4. The number of nitrogens with zero attached hydrogens (tertiary/aromatic N) is 7. The molecule has 20 fully saturated rings. The molecule has 14 heterocycles. The Morgan fingerprint density at radius 1 is 0.344 bits per heavy atom. The van der Waals surface area contributed by atoms with Gasteiger partial charge in [-0.1, -0.05) is 20.3 Å². The summed E-state index contributed by atoms with van der Waals surface area (Å²) >= 11 is 0. The van der Waals surface area contributed by atoms with Crippen molar-refractivity contribution in [3.8, 4) is 0 Å². The van der Waals surface area contributed by atoms with Crippen molar-refractivity contribution in [1.29, 1.82) is 0 Å². The van der Waals surface area contributed by atoms with Crippen LogP contribution < -0.4 is 0 Å². The van der Waals surface area contributed by atoms with Crippen LogP contribution in [0.4, 0.5) is 0 Å². The lowest BCUT2D eigenvalue weighted by Gasteiger charge is -2.58. The second-order valence-electron chi connectivity index (χ2n) is 37.6. The van der Waals surface area contributed by atoms with Gasteiger partial charge in [0.2, 0.25) is 0 Å². The summed E-state index contributed by atoms with van der Waals surface area (Å²) in [6.07, 6.45) is 34.0. The number of rotatable bonds is 8. The maximum Gasteiger partial charge on any atom is 0.0750 e. The standard InChI is InChI=1S/C13H25NO.C13H23N.C12H21N.C11H19NO.C11H21NO.C10H19NO2.C10H19NO/c1-9(2)13(15)11-5-6-12(13)8-14(7-11)10(3)4;1-9(2)14-8-12-4-10-3-11(5-12)7-13(14)6-10;1-8(2)13-11-4-9-3-10(6-11)7-12(13)5-9;1-7(2)12-8-3-10-5-9(12)6-11(4-8)13-10;1-8(2)12-9-4-3-5-10(12)7-11(13)6-9;1-7(2)11-8-3-10(12)4-9(11)6-13-5-8;1-7(2)11-6-8-4-9(11)5-10(8,3)12/h9-12,15H,5-8H2,1-4H3;9-13H,3-8H2,1-2H3;8-12H,3-7H2,1-2H3;7-11H,3-6H2,1-2H3;8-11,13H,3-7H2,1-2H3;7-10,12H,3-6H2,1-2H3;7-9,12H,4-6H2,1-3H3/t;;;;;;8-,9-,10?/m......1/s1. The summed E-state index contributed by atoms with van der Waals surface area (Å²) in [6.45, 7) is 44.9. The molecule has 6 saturated carbocycles. The van der Waals surface area contributed by atoms with Crippen molar-refractivity contribution in [1.82, 2.24) is 34.3 Å². The Morgan fingerprint density at radius 3 is 1.11 bits per heavy atom. The molecule has 0 aromatic rings. The molecular formula is C80H147N7O6. The van der Waals surface area contributed by atoms with E-state index in [1.807, 2.05) is 6.92 Å². The lowest BCUT2D eigenvalue weighted by Crippen LogP contribution is -2.63. The van der Waals surface area contributed by atoms with Crippen molar-refractivity contribution in [2.45, 2.75) is 417 Å². The summed E-state index contributed by atoms with van der Waals surface area (Å²) in [5.41, 5.74) is -0.735. The molecule has 0 radical (unpaired) electrons. The first-order valence-corrected chi connectivity index (χ1v) is 40.4. The van der Waals surface area contributed by atoms with E-state index < -0.39 is 0 Å². The minimum absolute atomic E-state index is 0.0229. The van der Waals surface area contributed by atoms with Gasteiger partial charge >= 0.3 is 0 Å². The second kappa shape index (κ2) is 31.0. The predicted molar refractivity (Wildman–Crippen MR) is 381 cm³/mol. The minimum atomic E-state index is -0.370. The fraction of sp³-hybridized carbons (Fsp3) is 1.00. The van der Waals surface area contributed by atoms with Crippen LogP contribution in [0.15, 0.2) is 0 Å². The van der Waals surface area contributed by atoms with Crippen molar-refractivity contribution in [3.63, 3.8) is 0 Å². The average molecular weight is 1300 g/mol. The fourth-order valence-corrected chi connectivity index (χ4v) is 25.1. The molecule has 20 bridgehead atoms. The molecule has 11 atom stereocenters. The number of likely N-dealkylation sites (tertiary alicyclic amines) is 2. The third-order valence-corrected chi connectivity index (χ3v) is 28.4. The summed E-state index contributed by atoms with van der Waals surface area (Å²) in [4.78, 5) is 18.6. The number of aliphatic hydroxyl groups is 4. The van der Waals surface area contributed by atoms with Gasteiger partial charge in [0.05, 0.1) is 48.8 Å². The first-order valence-electron chi connectivity index (χ1n) is 40.4. The highest BCUT2D eigenvalue weighted by Gasteiger charge is 2.56. The van der Waals surface area contributed by atoms with Crippen molar-refractivity contribution < 1.29 is 29.9 Å². The second-order valence-corrected chi connectivity index (χ2v) is 37.6. The van der Waals surface area contributed by atoms with Crippen molar-refractivity contribution in [2.75, 3.05) is 39.4 Å². The third-order valence-electron chi connectivity index (χ3n) is 28.4. The molecule has 0 aromatic heterocycles. The Balaban J connectivity index is 0.000000111. The summed E-state index contributed by atoms with van der Waals surface area (Å²) in [5, 5.41) is 40.1. The molecule has 13 heteroatoms. The zero-order valence-corrected chi connectivity index (χ0v) is 63.0. The van der Waals surface area contributed by atoms with Crippen molar-refractivity contribution in [2.24, 2.45) is 53.3 Å².